The van der Waals surface area contributed by atoms with E-state index in [1.54, 1.807) is 13.8 Å². The Hall–Kier alpha value is -3.58. The molecule has 0 spiro atoms. The van der Waals surface area contributed by atoms with Gasteiger partial charge in [-0.25, -0.2) is 0 Å². The summed E-state index contributed by atoms with van der Waals surface area (Å²) in [6.07, 6.45) is 0. The second kappa shape index (κ2) is 9.28. The molecule has 2 aromatic carbocycles. The van der Waals surface area contributed by atoms with Crippen molar-refractivity contribution >= 4 is 33.4 Å². The Morgan fingerprint density at radius 2 is 1.19 bits per heavy atom. The molecule has 0 fully saturated rings. The minimum absolute atomic E-state index is 0.0151. The fraction of sp³-hybridized carbons (Fsp3) is 0.280. The van der Waals surface area contributed by atoms with Crippen molar-refractivity contribution < 1.29 is 19.1 Å². The predicted octanol–water partition coefficient (Wildman–Crippen LogP) is 4.44. The zero-order valence-electron chi connectivity index (χ0n) is 18.5. The van der Waals surface area contributed by atoms with Crippen molar-refractivity contribution in [2.24, 2.45) is 0 Å². The zero-order chi connectivity index (χ0) is 22.7. The van der Waals surface area contributed by atoms with Gasteiger partial charge in [0, 0.05) is 48.7 Å². The lowest BCUT2D eigenvalue weighted by Crippen LogP contribution is -2.28. The van der Waals surface area contributed by atoms with Gasteiger partial charge in [-0.2, -0.15) is 0 Å². The first-order chi connectivity index (χ1) is 15.4. The van der Waals surface area contributed by atoms with Crippen molar-refractivity contribution in [1.29, 1.82) is 0 Å². The molecule has 2 aromatic heterocycles. The third kappa shape index (κ3) is 5.00. The molecule has 4 aromatic rings. The number of ketones is 2. The van der Waals surface area contributed by atoms with Crippen molar-refractivity contribution in [2.75, 3.05) is 33.4 Å². The van der Waals surface area contributed by atoms with Crippen LogP contribution in [0.25, 0.3) is 21.8 Å². The van der Waals surface area contributed by atoms with Crippen LogP contribution in [0.15, 0.2) is 48.5 Å². The number of aromatic nitrogens is 2. The van der Waals surface area contributed by atoms with Crippen molar-refractivity contribution in [3.63, 3.8) is 0 Å². The smallest absolute Gasteiger partial charge is 0.175 e. The van der Waals surface area contributed by atoms with Gasteiger partial charge in [0.1, 0.15) is 24.7 Å². The Kier molecular flexibility index (Phi) is 6.28. The Balaban J connectivity index is 1.22. The highest BCUT2D eigenvalue weighted by Crippen LogP contribution is 2.23. The fourth-order valence-corrected chi connectivity index (χ4v) is 3.53. The number of hydrogen-bond donors (Lipinski definition) is 2. The second-order valence-electron chi connectivity index (χ2n) is 7.98. The Morgan fingerprint density at radius 3 is 1.59 bits per heavy atom. The van der Waals surface area contributed by atoms with Crippen molar-refractivity contribution in [1.82, 2.24) is 14.9 Å². The first-order valence-corrected chi connectivity index (χ1v) is 10.6. The van der Waals surface area contributed by atoms with E-state index >= 15 is 0 Å². The number of nitrogens with one attached hydrogen (secondary N) is 2. The van der Waals surface area contributed by atoms with Gasteiger partial charge in [0.15, 0.2) is 11.6 Å². The van der Waals surface area contributed by atoms with E-state index in [-0.39, 0.29) is 11.6 Å². The SMILES string of the molecule is CC(=O)c1cc2cc(OCCN(C)CCOc3ccc4[nH]c(C(C)=O)cc4c3)ccc2[nH]1. The van der Waals surface area contributed by atoms with Crippen LogP contribution in [0, 0.1) is 0 Å². The number of aromatic amines is 2. The molecule has 0 amide bonds. The predicted molar refractivity (Wildman–Crippen MR) is 125 cm³/mol. The number of benzene rings is 2. The first-order valence-electron chi connectivity index (χ1n) is 10.6. The van der Waals surface area contributed by atoms with Gasteiger partial charge >= 0.3 is 0 Å². The highest BCUT2D eigenvalue weighted by atomic mass is 16.5. The van der Waals surface area contributed by atoms with Crippen molar-refractivity contribution in [3.05, 3.63) is 59.9 Å². The molecule has 2 heterocycles. The molecule has 0 aliphatic rings. The minimum Gasteiger partial charge on any atom is -0.492 e. The summed E-state index contributed by atoms with van der Waals surface area (Å²) in [5.41, 5.74) is 3.05. The normalized spacial score (nSPS) is 11.4. The lowest BCUT2D eigenvalue weighted by molar-refractivity contribution is 0.100. The first kappa shape index (κ1) is 21.6. The van der Waals surface area contributed by atoms with Crippen LogP contribution in [0.3, 0.4) is 0 Å². The Bertz CT molecular complexity index is 1170. The minimum atomic E-state index is 0.0151. The van der Waals surface area contributed by atoms with E-state index in [1.807, 2.05) is 55.6 Å². The molecule has 0 bridgehead atoms. The van der Waals surface area contributed by atoms with E-state index in [9.17, 15) is 9.59 Å². The number of fused-ring (bicyclic) bond motifs is 2. The summed E-state index contributed by atoms with van der Waals surface area (Å²) in [5.74, 6) is 1.59. The number of Topliss-reactive ketones (excluding diaryl/α,β-unsaturated/α-hetero) is 2. The van der Waals surface area contributed by atoms with Crippen molar-refractivity contribution in [3.8, 4) is 11.5 Å². The number of ether oxygens (including phenoxy) is 2. The Labute approximate surface area is 186 Å². The fourth-order valence-electron chi connectivity index (χ4n) is 3.53. The van der Waals surface area contributed by atoms with Crippen LogP contribution in [-0.4, -0.2) is 59.8 Å². The van der Waals surface area contributed by atoms with Crippen LogP contribution >= 0.6 is 0 Å². The lowest BCUT2D eigenvalue weighted by Gasteiger charge is -2.17. The average Bonchev–Trinajstić information content (AvgIpc) is 3.37. The van der Waals surface area contributed by atoms with Gasteiger partial charge in [0.2, 0.25) is 0 Å². The van der Waals surface area contributed by atoms with E-state index in [0.717, 1.165) is 46.4 Å². The average molecular weight is 434 g/mol. The second-order valence-corrected chi connectivity index (χ2v) is 7.98. The molecule has 4 rings (SSSR count). The van der Waals surface area contributed by atoms with Gasteiger partial charge in [-0.15, -0.1) is 0 Å². The summed E-state index contributed by atoms with van der Waals surface area (Å²) >= 11 is 0. The number of nitrogens with zero attached hydrogens (tertiary/aromatic N) is 1. The summed E-state index contributed by atoms with van der Waals surface area (Å²) in [7, 11) is 2.02. The number of rotatable bonds is 10. The zero-order valence-corrected chi connectivity index (χ0v) is 18.5. The topological polar surface area (TPSA) is 87.4 Å². The van der Waals surface area contributed by atoms with E-state index in [1.165, 1.54) is 0 Å². The largest absolute Gasteiger partial charge is 0.492 e. The maximum atomic E-state index is 11.5. The van der Waals surface area contributed by atoms with Crippen LogP contribution in [0.4, 0.5) is 0 Å². The maximum Gasteiger partial charge on any atom is 0.175 e. The third-order valence-electron chi connectivity index (χ3n) is 5.43. The highest BCUT2D eigenvalue weighted by molar-refractivity contribution is 5.98. The summed E-state index contributed by atoms with van der Waals surface area (Å²) in [4.78, 5) is 31.4. The van der Waals surface area contributed by atoms with Gasteiger partial charge in [0.05, 0.1) is 11.4 Å². The van der Waals surface area contributed by atoms with Crippen LogP contribution in [-0.2, 0) is 0 Å². The van der Waals surface area contributed by atoms with Gasteiger partial charge in [-0.05, 0) is 55.6 Å². The van der Waals surface area contributed by atoms with Crippen LogP contribution < -0.4 is 9.47 Å². The number of H-pyrrole nitrogens is 2. The van der Waals surface area contributed by atoms with E-state index < -0.39 is 0 Å². The third-order valence-corrected chi connectivity index (χ3v) is 5.43. The molecule has 2 N–H and O–H groups in total. The van der Waals surface area contributed by atoms with E-state index in [4.69, 9.17) is 9.47 Å². The van der Waals surface area contributed by atoms with Crippen LogP contribution in [0.2, 0.25) is 0 Å². The van der Waals surface area contributed by atoms with Gasteiger partial charge < -0.3 is 19.4 Å². The summed E-state index contributed by atoms with van der Waals surface area (Å²) in [5, 5.41) is 1.92. The molecule has 7 heteroatoms. The number of carbonyl (C=O) groups is 2. The quantitative estimate of drug-likeness (QED) is 0.361. The van der Waals surface area contributed by atoms with Gasteiger partial charge in [0.25, 0.3) is 0 Å². The lowest BCUT2D eigenvalue weighted by atomic mass is 10.2. The van der Waals surface area contributed by atoms with Crippen LogP contribution in [0.5, 0.6) is 11.5 Å². The van der Waals surface area contributed by atoms with Crippen molar-refractivity contribution in [2.45, 2.75) is 13.8 Å². The number of likely N-dealkylation sites (N-methyl/N-ethyl adjacent to an activating group) is 1. The molecule has 0 unspecified atom stereocenters. The summed E-state index contributed by atoms with van der Waals surface area (Å²) in [6, 6.07) is 15.2. The number of hydrogen-bond acceptors (Lipinski definition) is 5. The molecule has 0 aliphatic heterocycles. The van der Waals surface area contributed by atoms with Gasteiger partial charge in [-0.3, -0.25) is 14.5 Å². The highest BCUT2D eigenvalue weighted by Gasteiger charge is 2.08. The molecule has 0 atom stereocenters. The summed E-state index contributed by atoms with van der Waals surface area (Å²) in [6.45, 7) is 5.71. The molecule has 0 saturated heterocycles. The molecule has 0 radical (unpaired) electrons. The van der Waals surface area contributed by atoms with E-state index in [2.05, 4.69) is 14.9 Å². The molecular formula is C25H27N3O4. The standard InChI is InChI=1S/C25H27N3O4/c1-16(29)24-14-18-12-20(4-6-22(18)26-24)31-10-8-28(3)9-11-32-21-5-7-23-19(13-21)15-25(27-23)17(2)30/h4-7,12-15,26-27H,8-11H2,1-3H3. The molecule has 0 saturated carbocycles. The number of carbonyl (C=O) groups excluding carboxylic acids is 2. The molecule has 7 nitrogen and oxygen atoms in total. The molecule has 166 valence electrons. The van der Waals surface area contributed by atoms with Gasteiger partial charge in [-0.1, -0.05) is 0 Å². The summed E-state index contributed by atoms with van der Waals surface area (Å²) < 4.78 is 11.8. The molecule has 0 aliphatic carbocycles. The molecule has 32 heavy (non-hydrogen) atoms. The maximum absolute atomic E-state index is 11.5. The van der Waals surface area contributed by atoms with Crippen LogP contribution in [0.1, 0.15) is 34.8 Å². The van der Waals surface area contributed by atoms with E-state index in [0.29, 0.717) is 24.6 Å². The molecular weight excluding hydrogens is 406 g/mol. The monoisotopic (exact) mass is 433 g/mol. The Morgan fingerprint density at radius 1 is 0.750 bits per heavy atom.